The van der Waals surface area contributed by atoms with E-state index in [-0.39, 0.29) is 12.0 Å². The summed E-state index contributed by atoms with van der Waals surface area (Å²) in [6.45, 7) is 9.40. The molecule has 1 radical (unpaired) electrons. The monoisotopic (exact) mass is 402 g/mol. The van der Waals surface area contributed by atoms with E-state index in [0.717, 1.165) is 50.1 Å². The van der Waals surface area contributed by atoms with Gasteiger partial charge in [0.1, 0.15) is 5.15 Å². The van der Waals surface area contributed by atoms with E-state index in [0.29, 0.717) is 5.15 Å². The molecule has 1 aliphatic rings. The second-order valence-electron chi connectivity index (χ2n) is 6.95. The largest absolute Gasteiger partial charge is 0.395 e. The second-order valence-corrected chi connectivity index (χ2v) is 9.71. The fraction of sp³-hybridized carbons (Fsp3) is 0.706. The summed E-state index contributed by atoms with van der Waals surface area (Å²) in [5.74, 6) is 1.86. The van der Waals surface area contributed by atoms with E-state index < -0.39 is 0 Å². The van der Waals surface area contributed by atoms with Gasteiger partial charge in [0.05, 0.1) is 12.3 Å². The van der Waals surface area contributed by atoms with Gasteiger partial charge < -0.3 is 5.11 Å². The lowest BCUT2D eigenvalue weighted by atomic mass is 10.0. The fourth-order valence-corrected chi connectivity index (χ4v) is 4.49. The standard InChI is InChI=1S/C9H9BrClNO.2C4H9.Al/c10-6-1-2-7(11)12-8(6)9(5-13)3-4-9;2*1-4(2)3;/h1-2,13H,3-5H2;2*4H,1H2,2-3H3;. The Morgan fingerprint density at radius 2 is 1.77 bits per heavy atom. The first-order chi connectivity index (χ1) is 10.3. The molecule has 1 aromatic heterocycles. The predicted molar refractivity (Wildman–Crippen MR) is 100.0 cm³/mol. The van der Waals surface area contributed by atoms with Gasteiger partial charge in [0.15, 0.2) is 0 Å². The van der Waals surface area contributed by atoms with E-state index >= 15 is 0 Å². The summed E-state index contributed by atoms with van der Waals surface area (Å²) >= 11 is 9.96. The summed E-state index contributed by atoms with van der Waals surface area (Å²) in [5.41, 5.74) is 0.770. The quantitative estimate of drug-likeness (QED) is 0.512. The van der Waals surface area contributed by atoms with Crippen LogP contribution < -0.4 is 0 Å². The van der Waals surface area contributed by atoms with Crippen molar-refractivity contribution in [1.29, 1.82) is 0 Å². The number of aliphatic hydroxyl groups excluding tert-OH is 1. The van der Waals surface area contributed by atoms with Gasteiger partial charge in [0.25, 0.3) is 0 Å². The molecule has 0 aliphatic heterocycles. The first kappa shape index (κ1) is 20.5. The Labute approximate surface area is 154 Å². The lowest BCUT2D eigenvalue weighted by Crippen LogP contribution is -2.14. The molecule has 22 heavy (non-hydrogen) atoms. The van der Waals surface area contributed by atoms with E-state index in [4.69, 9.17) is 11.6 Å². The van der Waals surface area contributed by atoms with Crippen molar-refractivity contribution in [3.05, 3.63) is 27.5 Å². The van der Waals surface area contributed by atoms with Crippen molar-refractivity contribution in [2.75, 3.05) is 6.61 Å². The highest BCUT2D eigenvalue weighted by atomic mass is 79.9. The summed E-state index contributed by atoms with van der Waals surface area (Å²) in [6.07, 6.45) is 1.99. The summed E-state index contributed by atoms with van der Waals surface area (Å²) in [5, 5.41) is 12.7. The molecule has 123 valence electrons. The van der Waals surface area contributed by atoms with Crippen LogP contribution in [0.15, 0.2) is 16.6 Å². The third-order valence-corrected chi connectivity index (χ3v) is 7.15. The Kier molecular flexibility index (Phi) is 8.97. The number of nitrogens with zero attached hydrogens (tertiary/aromatic N) is 1. The molecule has 1 N–H and O–H groups in total. The minimum Gasteiger partial charge on any atom is -0.395 e. The van der Waals surface area contributed by atoms with Crippen LogP contribution >= 0.6 is 27.5 Å². The lowest BCUT2D eigenvalue weighted by Gasteiger charge is -2.12. The van der Waals surface area contributed by atoms with Gasteiger partial charge in [-0.2, -0.15) is 0 Å². The molecular formula is C17H27AlBrClNO. The number of halogens is 2. The second kappa shape index (κ2) is 9.65. The molecule has 1 fully saturated rings. The molecule has 0 spiro atoms. The van der Waals surface area contributed by atoms with Crippen LogP contribution in [0.25, 0.3) is 0 Å². The zero-order chi connectivity index (χ0) is 16.8. The van der Waals surface area contributed by atoms with Crippen LogP contribution in [0.1, 0.15) is 46.2 Å². The molecule has 0 saturated heterocycles. The van der Waals surface area contributed by atoms with Crippen molar-refractivity contribution in [3.8, 4) is 0 Å². The Morgan fingerprint density at radius 3 is 2.18 bits per heavy atom. The van der Waals surface area contributed by atoms with E-state index in [9.17, 15) is 5.11 Å². The zero-order valence-corrected chi connectivity index (χ0v) is 17.6. The highest BCUT2D eigenvalue weighted by molar-refractivity contribution is 9.10. The van der Waals surface area contributed by atoms with Crippen molar-refractivity contribution in [1.82, 2.24) is 4.98 Å². The van der Waals surface area contributed by atoms with Gasteiger partial charge >= 0.3 is 0 Å². The van der Waals surface area contributed by atoms with Gasteiger partial charge in [0, 0.05) is 9.89 Å². The van der Waals surface area contributed by atoms with Crippen molar-refractivity contribution in [2.45, 2.75) is 56.5 Å². The average Bonchev–Trinajstić information content (AvgIpc) is 3.22. The summed E-state index contributed by atoms with van der Waals surface area (Å²) in [6, 6.07) is 3.61. The summed E-state index contributed by atoms with van der Waals surface area (Å²) in [4.78, 5) is 4.24. The number of aromatic nitrogens is 1. The molecule has 0 amide bonds. The summed E-state index contributed by atoms with van der Waals surface area (Å²) in [7, 11) is 0. The van der Waals surface area contributed by atoms with Crippen LogP contribution in [0.4, 0.5) is 0 Å². The number of hydrogen-bond donors (Lipinski definition) is 1. The number of rotatable bonds is 6. The van der Waals surface area contributed by atoms with Crippen LogP contribution in [0, 0.1) is 11.8 Å². The van der Waals surface area contributed by atoms with E-state index in [1.54, 1.807) is 6.07 Å². The normalized spacial score (nSPS) is 15.5. The van der Waals surface area contributed by atoms with Gasteiger partial charge in [0.2, 0.25) is 15.2 Å². The van der Waals surface area contributed by atoms with Crippen LogP contribution in [0.2, 0.25) is 15.7 Å². The SMILES string of the molecule is CC(C)[CH2][Al][CH2]C(C)C.OCC1(c2nc(Cl)ccc2Br)CC1. The van der Waals surface area contributed by atoms with Crippen LogP contribution in [0.5, 0.6) is 0 Å². The van der Waals surface area contributed by atoms with Gasteiger partial charge in [-0.1, -0.05) is 51.1 Å². The first-order valence-electron chi connectivity index (χ1n) is 8.06. The molecule has 5 heteroatoms. The maximum Gasteiger partial charge on any atom is 0.200 e. The molecule has 1 aromatic rings. The molecule has 1 heterocycles. The maximum atomic E-state index is 9.22. The molecule has 1 aliphatic carbocycles. The average molecular weight is 404 g/mol. The first-order valence-corrected chi connectivity index (χ1v) is 10.9. The Bertz CT molecular complexity index is 456. The summed E-state index contributed by atoms with van der Waals surface area (Å²) < 4.78 is 0.934. The zero-order valence-electron chi connectivity index (χ0n) is 14.1. The molecule has 0 atom stereocenters. The minimum absolute atomic E-state index is 0.121. The highest BCUT2D eigenvalue weighted by Crippen LogP contribution is 2.49. The molecule has 0 unspecified atom stereocenters. The smallest absolute Gasteiger partial charge is 0.200 e. The van der Waals surface area contributed by atoms with E-state index in [2.05, 4.69) is 48.6 Å². The van der Waals surface area contributed by atoms with Crippen molar-refractivity contribution in [3.63, 3.8) is 0 Å². The Hall–Kier alpha value is 0.412. The van der Waals surface area contributed by atoms with Crippen LogP contribution in [-0.4, -0.2) is 31.9 Å². The van der Waals surface area contributed by atoms with Crippen molar-refractivity contribution >= 4 is 42.8 Å². The number of hydrogen-bond acceptors (Lipinski definition) is 2. The third-order valence-electron chi connectivity index (χ3n) is 3.75. The molecule has 2 rings (SSSR count). The molecule has 0 aromatic carbocycles. The van der Waals surface area contributed by atoms with Crippen LogP contribution in [0.3, 0.4) is 0 Å². The van der Waals surface area contributed by atoms with Gasteiger partial charge in [-0.25, -0.2) is 4.98 Å². The van der Waals surface area contributed by atoms with Crippen molar-refractivity contribution < 1.29 is 5.11 Å². The topological polar surface area (TPSA) is 33.1 Å². The van der Waals surface area contributed by atoms with Gasteiger partial charge in [-0.05, 0) is 40.9 Å². The fourth-order valence-electron chi connectivity index (χ4n) is 2.17. The third kappa shape index (κ3) is 6.89. The Morgan fingerprint density at radius 1 is 1.23 bits per heavy atom. The number of aliphatic hydroxyl groups is 1. The lowest BCUT2D eigenvalue weighted by molar-refractivity contribution is 0.252. The molecular weight excluding hydrogens is 377 g/mol. The number of pyridine rings is 1. The van der Waals surface area contributed by atoms with Gasteiger partial charge in [-0.15, -0.1) is 10.6 Å². The highest BCUT2D eigenvalue weighted by Gasteiger charge is 2.46. The minimum atomic E-state index is -0.121. The van der Waals surface area contributed by atoms with Crippen LogP contribution in [-0.2, 0) is 5.41 Å². The molecule has 0 bridgehead atoms. The van der Waals surface area contributed by atoms with Gasteiger partial charge in [-0.3, -0.25) is 0 Å². The molecule has 2 nitrogen and oxygen atoms in total. The predicted octanol–water partition coefficient (Wildman–Crippen LogP) is 5.36. The maximum absolute atomic E-state index is 9.22. The van der Waals surface area contributed by atoms with Crippen molar-refractivity contribution in [2.24, 2.45) is 11.8 Å². The van der Waals surface area contributed by atoms with E-state index in [1.165, 1.54) is 10.6 Å². The Balaban J connectivity index is 0.000000239. The molecule has 1 saturated carbocycles. The van der Waals surface area contributed by atoms with E-state index in [1.807, 2.05) is 6.07 Å².